The topological polar surface area (TPSA) is 50.7 Å². The Bertz CT molecular complexity index is 438. The summed E-state index contributed by atoms with van der Waals surface area (Å²) in [5.41, 5.74) is 2.16. The second kappa shape index (κ2) is 6.18. The van der Waals surface area contributed by atoms with Crippen LogP contribution in [0.1, 0.15) is 35.8 Å². The number of aromatic nitrogens is 3. The number of rotatable bonds is 6. The lowest BCUT2D eigenvalue weighted by Gasteiger charge is -2.14. The van der Waals surface area contributed by atoms with Gasteiger partial charge in [-0.2, -0.15) is 0 Å². The van der Waals surface area contributed by atoms with Crippen molar-refractivity contribution in [2.24, 2.45) is 0 Å². The van der Waals surface area contributed by atoms with Gasteiger partial charge >= 0.3 is 0 Å². The average Bonchev–Trinajstić information content (AvgIpc) is 2.95. The van der Waals surface area contributed by atoms with Crippen LogP contribution in [0, 0.1) is 6.92 Å². The van der Waals surface area contributed by atoms with E-state index >= 15 is 0 Å². The molecule has 0 fully saturated rings. The third-order valence-corrected chi connectivity index (χ3v) is 3.80. The normalized spacial score (nSPS) is 12.8. The third kappa shape index (κ3) is 3.55. The van der Waals surface area contributed by atoms with Gasteiger partial charge < -0.3 is 5.32 Å². The van der Waals surface area contributed by atoms with Gasteiger partial charge in [0.2, 0.25) is 0 Å². The molecule has 0 aliphatic rings. The summed E-state index contributed by atoms with van der Waals surface area (Å²) in [6.07, 6.45) is 2.00. The standard InChI is InChI=1S/C11H16N4S2/c1-3-4-12-10(11-7-17-15-14-11)5-9-6-16-8(2)13-9/h6-7,10,12H,3-5H2,1-2H3. The van der Waals surface area contributed by atoms with E-state index in [1.165, 1.54) is 11.5 Å². The molecule has 92 valence electrons. The summed E-state index contributed by atoms with van der Waals surface area (Å²) >= 11 is 3.09. The van der Waals surface area contributed by atoms with Gasteiger partial charge in [-0.15, -0.1) is 16.4 Å². The second-order valence-corrected chi connectivity index (χ2v) is 5.57. The van der Waals surface area contributed by atoms with E-state index in [1.807, 2.05) is 12.3 Å². The molecule has 4 nitrogen and oxygen atoms in total. The van der Waals surface area contributed by atoms with Crippen LogP contribution in [0.2, 0.25) is 0 Å². The molecule has 2 rings (SSSR count). The predicted molar refractivity (Wildman–Crippen MR) is 71.5 cm³/mol. The van der Waals surface area contributed by atoms with Crippen molar-refractivity contribution in [2.75, 3.05) is 6.54 Å². The molecule has 1 N–H and O–H groups in total. The fourth-order valence-corrected chi connectivity index (χ4v) is 2.77. The fraction of sp³-hybridized carbons (Fsp3) is 0.545. The number of hydrogen-bond donors (Lipinski definition) is 1. The molecule has 0 spiro atoms. The smallest absolute Gasteiger partial charge is 0.0928 e. The van der Waals surface area contributed by atoms with Crippen molar-refractivity contribution in [1.82, 2.24) is 19.9 Å². The van der Waals surface area contributed by atoms with Crippen LogP contribution in [0.4, 0.5) is 0 Å². The molecule has 2 aromatic rings. The Morgan fingerprint density at radius 2 is 2.29 bits per heavy atom. The molecule has 2 aromatic heterocycles. The second-order valence-electron chi connectivity index (χ2n) is 3.90. The summed E-state index contributed by atoms with van der Waals surface area (Å²) in [6, 6.07) is 0.232. The number of nitrogens with zero attached hydrogens (tertiary/aromatic N) is 3. The number of thiazole rings is 1. The SMILES string of the molecule is CCCNC(Cc1csc(C)n1)c1csnn1. The molecule has 0 aliphatic heterocycles. The highest BCUT2D eigenvalue weighted by molar-refractivity contribution is 7.09. The van der Waals surface area contributed by atoms with Crippen LogP contribution < -0.4 is 5.32 Å². The molecule has 2 heterocycles. The van der Waals surface area contributed by atoms with Gasteiger partial charge in [-0.3, -0.25) is 0 Å². The Labute approximate surface area is 109 Å². The molecule has 0 saturated heterocycles. The van der Waals surface area contributed by atoms with Crippen LogP contribution in [0.5, 0.6) is 0 Å². The third-order valence-electron chi connectivity index (χ3n) is 2.45. The molecule has 0 amide bonds. The molecular weight excluding hydrogens is 252 g/mol. The van der Waals surface area contributed by atoms with E-state index < -0.39 is 0 Å². The van der Waals surface area contributed by atoms with E-state index in [1.54, 1.807) is 11.3 Å². The highest BCUT2D eigenvalue weighted by atomic mass is 32.1. The van der Waals surface area contributed by atoms with E-state index in [4.69, 9.17) is 0 Å². The van der Waals surface area contributed by atoms with Crippen LogP contribution >= 0.6 is 22.9 Å². The quantitative estimate of drug-likeness (QED) is 0.875. The first kappa shape index (κ1) is 12.6. The first-order valence-corrected chi connectivity index (χ1v) is 7.42. The summed E-state index contributed by atoms with van der Waals surface area (Å²) in [5, 5.41) is 12.9. The van der Waals surface area contributed by atoms with Gasteiger partial charge in [0, 0.05) is 17.2 Å². The molecule has 0 radical (unpaired) electrons. The Kier molecular flexibility index (Phi) is 4.58. The Hall–Kier alpha value is -0.850. The highest BCUT2D eigenvalue weighted by Gasteiger charge is 2.15. The fourth-order valence-electron chi connectivity index (χ4n) is 1.63. The molecule has 0 aromatic carbocycles. The largest absolute Gasteiger partial charge is 0.308 e. The van der Waals surface area contributed by atoms with Crippen LogP contribution in [0.3, 0.4) is 0 Å². The lowest BCUT2D eigenvalue weighted by molar-refractivity contribution is 0.513. The van der Waals surface area contributed by atoms with Gasteiger partial charge in [0.1, 0.15) is 0 Å². The molecule has 1 unspecified atom stereocenters. The molecule has 0 aliphatic carbocycles. The molecule has 17 heavy (non-hydrogen) atoms. The number of hydrogen-bond acceptors (Lipinski definition) is 6. The number of aryl methyl sites for hydroxylation is 1. The minimum Gasteiger partial charge on any atom is -0.308 e. The Morgan fingerprint density at radius 3 is 2.88 bits per heavy atom. The van der Waals surface area contributed by atoms with Gasteiger partial charge in [0.05, 0.1) is 22.4 Å². The highest BCUT2D eigenvalue weighted by Crippen LogP contribution is 2.18. The van der Waals surface area contributed by atoms with E-state index in [2.05, 4.69) is 32.2 Å². The maximum atomic E-state index is 4.50. The van der Waals surface area contributed by atoms with Crippen molar-refractivity contribution in [1.29, 1.82) is 0 Å². The molecule has 1 atom stereocenters. The van der Waals surface area contributed by atoms with Crippen molar-refractivity contribution in [3.63, 3.8) is 0 Å². The average molecular weight is 268 g/mol. The van der Waals surface area contributed by atoms with Gasteiger partial charge in [-0.25, -0.2) is 4.98 Å². The van der Waals surface area contributed by atoms with Gasteiger partial charge in [-0.1, -0.05) is 11.4 Å². The monoisotopic (exact) mass is 268 g/mol. The lowest BCUT2D eigenvalue weighted by Crippen LogP contribution is -2.24. The Morgan fingerprint density at radius 1 is 1.41 bits per heavy atom. The van der Waals surface area contributed by atoms with Crippen molar-refractivity contribution in [3.05, 3.63) is 27.2 Å². The predicted octanol–water partition coefficient (Wildman–Crippen LogP) is 2.59. The van der Waals surface area contributed by atoms with Gasteiger partial charge in [-0.05, 0) is 31.4 Å². The molecule has 6 heteroatoms. The van der Waals surface area contributed by atoms with Crippen molar-refractivity contribution < 1.29 is 0 Å². The van der Waals surface area contributed by atoms with Gasteiger partial charge in [0.25, 0.3) is 0 Å². The van der Waals surface area contributed by atoms with Crippen LogP contribution in [-0.4, -0.2) is 21.1 Å². The molecule has 0 saturated carbocycles. The van der Waals surface area contributed by atoms with Crippen LogP contribution in [0.15, 0.2) is 10.8 Å². The van der Waals surface area contributed by atoms with Crippen LogP contribution in [0.25, 0.3) is 0 Å². The van der Waals surface area contributed by atoms with Gasteiger partial charge in [0.15, 0.2) is 0 Å². The summed E-state index contributed by atoms with van der Waals surface area (Å²) < 4.78 is 3.93. The first-order chi connectivity index (χ1) is 8.29. The minimum atomic E-state index is 0.232. The molecular formula is C11H16N4S2. The Balaban J connectivity index is 2.05. The zero-order valence-electron chi connectivity index (χ0n) is 10.0. The zero-order valence-corrected chi connectivity index (χ0v) is 11.6. The molecule has 0 bridgehead atoms. The van der Waals surface area contributed by atoms with E-state index in [0.717, 1.165) is 35.8 Å². The summed E-state index contributed by atoms with van der Waals surface area (Å²) in [5.74, 6) is 0. The van der Waals surface area contributed by atoms with Crippen molar-refractivity contribution in [3.8, 4) is 0 Å². The maximum Gasteiger partial charge on any atom is 0.0928 e. The van der Waals surface area contributed by atoms with E-state index in [0.29, 0.717) is 0 Å². The van der Waals surface area contributed by atoms with Crippen molar-refractivity contribution in [2.45, 2.75) is 32.7 Å². The van der Waals surface area contributed by atoms with Crippen molar-refractivity contribution >= 4 is 22.9 Å². The lowest BCUT2D eigenvalue weighted by atomic mass is 10.1. The van der Waals surface area contributed by atoms with E-state index in [9.17, 15) is 0 Å². The maximum absolute atomic E-state index is 4.50. The van der Waals surface area contributed by atoms with E-state index in [-0.39, 0.29) is 6.04 Å². The summed E-state index contributed by atoms with van der Waals surface area (Å²) in [6.45, 7) is 5.19. The minimum absolute atomic E-state index is 0.232. The summed E-state index contributed by atoms with van der Waals surface area (Å²) in [4.78, 5) is 4.50. The summed E-state index contributed by atoms with van der Waals surface area (Å²) in [7, 11) is 0. The van der Waals surface area contributed by atoms with Crippen LogP contribution in [-0.2, 0) is 6.42 Å². The first-order valence-electron chi connectivity index (χ1n) is 5.71. The zero-order chi connectivity index (χ0) is 12.1. The number of nitrogens with one attached hydrogen (secondary N) is 1.